The van der Waals surface area contributed by atoms with E-state index in [0.29, 0.717) is 6.54 Å². The van der Waals surface area contributed by atoms with Crippen molar-refractivity contribution in [3.63, 3.8) is 0 Å². The van der Waals surface area contributed by atoms with E-state index >= 15 is 0 Å². The summed E-state index contributed by atoms with van der Waals surface area (Å²) < 4.78 is 33.3. The fourth-order valence-electron chi connectivity index (χ4n) is 3.54. The molecule has 1 aromatic rings. The van der Waals surface area contributed by atoms with Crippen LogP contribution in [0, 0.1) is 0 Å². The number of nitrogens with two attached hydrogens (primary N) is 2. The van der Waals surface area contributed by atoms with Crippen LogP contribution in [0.1, 0.15) is 19.5 Å². The lowest BCUT2D eigenvalue weighted by Gasteiger charge is -2.45. The number of hydrogen-bond donors (Lipinski definition) is 5. The number of aromatic nitrogens is 1. The first-order valence-corrected chi connectivity index (χ1v) is 13.0. The standard InChI is InChI=1S/C18H26N8O9S2/c1-18(2,15(29)30)35-23-11(9-8-36-16(20)21-9)13(27)22-12-10(26(14(12)28)37(32,33)34)7-25-6-5-24(4-3-19)17(25)31/h8,10,12H,3-7,19H2,1-2H3,(H2,20,21)(H,22,27)(H,29,30)(H,32,33,34)/b23-11+/t10-,12+/m1/s1. The smallest absolute Gasteiger partial charge is 0.362 e. The van der Waals surface area contributed by atoms with Crippen molar-refractivity contribution >= 4 is 56.3 Å². The first-order valence-electron chi connectivity index (χ1n) is 10.7. The van der Waals surface area contributed by atoms with E-state index in [-0.39, 0.29) is 41.3 Å². The van der Waals surface area contributed by atoms with Crippen LogP contribution in [0.25, 0.3) is 0 Å². The maximum absolute atomic E-state index is 13.1. The summed E-state index contributed by atoms with van der Waals surface area (Å²) in [5.41, 5.74) is 8.63. The molecule has 19 heteroatoms. The van der Waals surface area contributed by atoms with Crippen LogP contribution in [-0.2, 0) is 29.5 Å². The minimum Gasteiger partial charge on any atom is -0.478 e. The molecule has 3 rings (SSSR count). The van der Waals surface area contributed by atoms with Crippen molar-refractivity contribution in [2.75, 3.05) is 38.5 Å². The van der Waals surface area contributed by atoms with Crippen LogP contribution >= 0.6 is 11.3 Å². The summed E-state index contributed by atoms with van der Waals surface area (Å²) >= 11 is 0.948. The van der Waals surface area contributed by atoms with E-state index in [1.807, 2.05) is 0 Å². The molecular formula is C18H26N8O9S2. The Hall–Kier alpha value is -3.55. The van der Waals surface area contributed by atoms with Gasteiger partial charge >= 0.3 is 22.3 Å². The first-order chi connectivity index (χ1) is 17.2. The zero-order chi connectivity index (χ0) is 27.7. The minimum absolute atomic E-state index is 0.0534. The summed E-state index contributed by atoms with van der Waals surface area (Å²) in [5, 5.41) is 16.6. The molecular weight excluding hydrogens is 536 g/mol. The monoisotopic (exact) mass is 562 g/mol. The van der Waals surface area contributed by atoms with Crippen molar-refractivity contribution in [2.45, 2.75) is 31.5 Å². The average Bonchev–Trinajstić information content (AvgIpc) is 3.37. The van der Waals surface area contributed by atoms with Crippen molar-refractivity contribution in [1.82, 2.24) is 24.4 Å². The number of rotatable bonds is 11. The van der Waals surface area contributed by atoms with Crippen LogP contribution in [0.15, 0.2) is 10.5 Å². The summed E-state index contributed by atoms with van der Waals surface area (Å²) in [4.78, 5) is 61.2. The molecule has 17 nitrogen and oxygen atoms in total. The van der Waals surface area contributed by atoms with Gasteiger partial charge < -0.3 is 36.5 Å². The molecule has 0 aliphatic carbocycles. The number of nitrogens with one attached hydrogen (secondary N) is 1. The van der Waals surface area contributed by atoms with Gasteiger partial charge in [-0.15, -0.1) is 11.3 Å². The normalized spacial score (nSPS) is 20.8. The van der Waals surface area contributed by atoms with E-state index in [1.54, 1.807) is 0 Å². The third kappa shape index (κ3) is 5.89. The van der Waals surface area contributed by atoms with Gasteiger partial charge in [0.05, 0.1) is 6.04 Å². The number of oxime groups is 1. The fourth-order valence-corrected chi connectivity index (χ4v) is 4.96. The molecule has 37 heavy (non-hydrogen) atoms. The van der Waals surface area contributed by atoms with E-state index in [9.17, 15) is 37.3 Å². The molecule has 2 saturated heterocycles. The molecule has 4 amide bonds. The molecule has 3 heterocycles. The van der Waals surface area contributed by atoms with Gasteiger partial charge in [-0.25, -0.2) is 18.9 Å². The Morgan fingerprint density at radius 1 is 1.32 bits per heavy atom. The number of β-lactam (4-membered cyclic amide) rings is 1. The molecule has 204 valence electrons. The number of anilines is 1. The Labute approximate surface area is 214 Å². The SMILES string of the molecule is CC(C)(O/N=C(/C(=O)N[C@@H]1C(=O)N(S(=O)(=O)O)[C@@H]1CN1CCN(CCN)C1=O)c1csc(N)n1)C(=O)O. The Morgan fingerprint density at radius 3 is 2.51 bits per heavy atom. The van der Waals surface area contributed by atoms with Crippen LogP contribution in [-0.4, -0.2) is 117 Å². The molecule has 0 spiro atoms. The van der Waals surface area contributed by atoms with Crippen molar-refractivity contribution in [3.05, 3.63) is 11.1 Å². The van der Waals surface area contributed by atoms with E-state index < -0.39 is 57.5 Å². The quantitative estimate of drug-likeness (QED) is 0.0812. The van der Waals surface area contributed by atoms with Gasteiger partial charge in [-0.3, -0.25) is 14.1 Å². The Morgan fingerprint density at radius 2 is 1.97 bits per heavy atom. The van der Waals surface area contributed by atoms with Crippen LogP contribution < -0.4 is 16.8 Å². The predicted octanol–water partition coefficient (Wildman–Crippen LogP) is -2.50. The van der Waals surface area contributed by atoms with Gasteiger partial charge in [-0.05, 0) is 13.8 Å². The number of thiazole rings is 1. The molecule has 0 radical (unpaired) electrons. The topological polar surface area (TPSA) is 251 Å². The molecule has 7 N–H and O–H groups in total. The number of amides is 4. The van der Waals surface area contributed by atoms with E-state index in [2.05, 4.69) is 15.5 Å². The second-order valence-corrected chi connectivity index (χ2v) is 10.7. The van der Waals surface area contributed by atoms with Crippen molar-refractivity contribution in [3.8, 4) is 0 Å². The highest BCUT2D eigenvalue weighted by atomic mass is 32.2. The molecule has 2 fully saturated rings. The summed E-state index contributed by atoms with van der Waals surface area (Å²) in [6.07, 6.45) is 0. The summed E-state index contributed by atoms with van der Waals surface area (Å²) in [6.45, 7) is 3.03. The van der Waals surface area contributed by atoms with Gasteiger partial charge in [0.1, 0.15) is 11.7 Å². The maximum atomic E-state index is 13.1. The van der Waals surface area contributed by atoms with E-state index in [0.717, 1.165) is 11.3 Å². The number of urea groups is 1. The zero-order valence-corrected chi connectivity index (χ0v) is 21.4. The minimum atomic E-state index is -5.01. The van der Waals surface area contributed by atoms with Crippen molar-refractivity contribution < 1.29 is 42.1 Å². The lowest BCUT2D eigenvalue weighted by atomic mass is 9.97. The fraction of sp³-hybridized carbons (Fsp3) is 0.556. The molecule has 2 aliphatic rings. The maximum Gasteiger partial charge on any atom is 0.362 e. The highest BCUT2D eigenvalue weighted by Crippen LogP contribution is 2.26. The number of nitrogens with zero attached hydrogens (tertiary/aromatic N) is 5. The Kier molecular flexibility index (Phi) is 7.91. The number of carboxylic acids is 1. The van der Waals surface area contributed by atoms with Gasteiger partial charge in [0.15, 0.2) is 10.8 Å². The lowest BCUT2D eigenvalue weighted by Crippen LogP contribution is -2.74. The second kappa shape index (κ2) is 10.4. The molecule has 0 bridgehead atoms. The highest BCUT2D eigenvalue weighted by Gasteiger charge is 2.55. The van der Waals surface area contributed by atoms with Crippen LogP contribution in [0.2, 0.25) is 0 Å². The number of hydrogen-bond acceptors (Lipinski definition) is 12. The van der Waals surface area contributed by atoms with E-state index in [1.165, 1.54) is 29.0 Å². The van der Waals surface area contributed by atoms with Crippen LogP contribution in [0.3, 0.4) is 0 Å². The van der Waals surface area contributed by atoms with E-state index in [4.69, 9.17) is 16.3 Å². The number of carboxylic acid groups (broad SMARTS) is 1. The molecule has 0 unspecified atom stereocenters. The van der Waals surface area contributed by atoms with Crippen molar-refractivity contribution in [2.24, 2.45) is 10.9 Å². The van der Waals surface area contributed by atoms with Crippen LogP contribution in [0.5, 0.6) is 0 Å². The summed E-state index contributed by atoms with van der Waals surface area (Å²) in [7, 11) is -5.01. The third-order valence-corrected chi connectivity index (χ3v) is 7.17. The number of carbonyl (C=O) groups is 4. The highest BCUT2D eigenvalue weighted by molar-refractivity contribution is 7.84. The largest absolute Gasteiger partial charge is 0.478 e. The molecule has 2 atom stereocenters. The average molecular weight is 563 g/mol. The Balaban J connectivity index is 1.85. The molecule has 1 aromatic heterocycles. The van der Waals surface area contributed by atoms with Gasteiger partial charge in [0.2, 0.25) is 5.60 Å². The van der Waals surface area contributed by atoms with Gasteiger partial charge in [-0.2, -0.15) is 8.42 Å². The predicted molar refractivity (Wildman–Crippen MR) is 128 cm³/mol. The number of aliphatic carboxylic acids is 1. The van der Waals surface area contributed by atoms with Crippen LogP contribution in [0.4, 0.5) is 9.93 Å². The Bertz CT molecular complexity index is 1230. The first kappa shape index (κ1) is 28.0. The van der Waals surface area contributed by atoms with Gasteiger partial charge in [0.25, 0.3) is 11.8 Å². The molecule has 2 aliphatic heterocycles. The number of nitrogen functional groups attached to an aromatic ring is 1. The van der Waals surface area contributed by atoms with Crippen molar-refractivity contribution in [1.29, 1.82) is 0 Å². The second-order valence-electron chi connectivity index (χ2n) is 8.55. The number of carbonyl (C=O) groups excluding carboxylic acids is 3. The molecule has 0 saturated carbocycles. The van der Waals surface area contributed by atoms with Gasteiger partial charge in [0, 0.05) is 38.1 Å². The molecule has 0 aromatic carbocycles. The zero-order valence-electron chi connectivity index (χ0n) is 19.7. The summed E-state index contributed by atoms with van der Waals surface area (Å²) in [6, 6.07) is -3.28. The van der Waals surface area contributed by atoms with Gasteiger partial charge in [-0.1, -0.05) is 5.16 Å². The lowest BCUT2D eigenvalue weighted by molar-refractivity contribution is -0.161. The summed E-state index contributed by atoms with van der Waals surface area (Å²) in [5.74, 6) is -3.61. The third-order valence-electron chi connectivity index (χ3n) is 5.55.